The molecule has 2 heterocycles. The Hall–Kier alpha value is -2.20. The van der Waals surface area contributed by atoms with E-state index in [4.69, 9.17) is 10.7 Å². The largest absolute Gasteiger partial charge is 0.326 e. The van der Waals surface area contributed by atoms with Crippen molar-refractivity contribution in [1.29, 1.82) is 0 Å². The summed E-state index contributed by atoms with van der Waals surface area (Å²) in [6, 6.07) is 10.3. The number of rotatable bonds is 3. The molecule has 102 valence electrons. The van der Waals surface area contributed by atoms with Gasteiger partial charge >= 0.3 is 0 Å². The molecule has 0 saturated carbocycles. The summed E-state index contributed by atoms with van der Waals surface area (Å²) < 4.78 is 2.23. The van der Waals surface area contributed by atoms with E-state index in [1.165, 1.54) is 0 Å². The van der Waals surface area contributed by atoms with Gasteiger partial charge in [0, 0.05) is 30.5 Å². The van der Waals surface area contributed by atoms with Crippen molar-refractivity contribution >= 4 is 11.0 Å². The van der Waals surface area contributed by atoms with E-state index < -0.39 is 0 Å². The maximum absolute atomic E-state index is 5.71. The third kappa shape index (κ3) is 2.08. The number of pyridine rings is 1. The van der Waals surface area contributed by atoms with E-state index in [0.29, 0.717) is 6.54 Å². The van der Waals surface area contributed by atoms with Crippen LogP contribution in [0.1, 0.15) is 18.2 Å². The molecule has 0 radical (unpaired) electrons. The molecule has 0 aliphatic carbocycles. The number of fused-ring (bicyclic) bond motifs is 1. The van der Waals surface area contributed by atoms with Crippen LogP contribution in [0.2, 0.25) is 0 Å². The van der Waals surface area contributed by atoms with Crippen LogP contribution >= 0.6 is 0 Å². The molecule has 4 heteroatoms. The van der Waals surface area contributed by atoms with Crippen LogP contribution in [0.15, 0.2) is 36.5 Å². The third-order valence-corrected chi connectivity index (χ3v) is 3.52. The lowest BCUT2D eigenvalue weighted by Gasteiger charge is -2.06. The number of benzene rings is 1. The van der Waals surface area contributed by atoms with E-state index >= 15 is 0 Å². The maximum Gasteiger partial charge on any atom is 0.141 e. The van der Waals surface area contributed by atoms with Crippen LogP contribution in [-0.2, 0) is 13.1 Å². The Kier molecular flexibility index (Phi) is 3.24. The van der Waals surface area contributed by atoms with Crippen LogP contribution < -0.4 is 5.73 Å². The van der Waals surface area contributed by atoms with Gasteiger partial charge in [0.05, 0.1) is 11.0 Å². The highest BCUT2D eigenvalue weighted by atomic mass is 15.1. The molecule has 1 aromatic carbocycles. The number of hydrogen-bond acceptors (Lipinski definition) is 3. The molecular formula is C16H18N4. The second kappa shape index (κ2) is 5.06. The zero-order valence-electron chi connectivity index (χ0n) is 11.8. The maximum atomic E-state index is 5.71. The second-order valence-corrected chi connectivity index (χ2v) is 4.89. The van der Waals surface area contributed by atoms with Gasteiger partial charge in [-0.3, -0.25) is 4.98 Å². The van der Waals surface area contributed by atoms with Crippen molar-refractivity contribution in [2.75, 3.05) is 0 Å². The Bertz CT molecular complexity index is 758. The molecule has 0 saturated heterocycles. The molecule has 3 aromatic rings. The molecule has 0 fully saturated rings. The average Bonchev–Trinajstić information content (AvgIpc) is 2.84. The molecule has 0 amide bonds. The van der Waals surface area contributed by atoms with Crippen molar-refractivity contribution in [1.82, 2.24) is 14.5 Å². The Morgan fingerprint density at radius 2 is 2.05 bits per heavy atom. The van der Waals surface area contributed by atoms with Gasteiger partial charge in [0.1, 0.15) is 5.82 Å². The van der Waals surface area contributed by atoms with Crippen molar-refractivity contribution in [3.63, 3.8) is 0 Å². The van der Waals surface area contributed by atoms with Crippen molar-refractivity contribution in [3.05, 3.63) is 47.8 Å². The Balaban J connectivity index is 2.24. The molecule has 2 aromatic heterocycles. The van der Waals surface area contributed by atoms with Crippen LogP contribution in [0, 0.1) is 6.92 Å². The summed E-state index contributed by atoms with van der Waals surface area (Å²) in [4.78, 5) is 9.03. The summed E-state index contributed by atoms with van der Waals surface area (Å²) in [6.45, 7) is 5.55. The molecule has 0 bridgehead atoms. The first-order chi connectivity index (χ1) is 9.72. The van der Waals surface area contributed by atoms with E-state index in [1.807, 2.05) is 19.2 Å². The van der Waals surface area contributed by atoms with Gasteiger partial charge in [-0.2, -0.15) is 0 Å². The van der Waals surface area contributed by atoms with Gasteiger partial charge in [-0.25, -0.2) is 4.98 Å². The normalized spacial score (nSPS) is 11.2. The molecule has 0 atom stereocenters. The van der Waals surface area contributed by atoms with E-state index in [-0.39, 0.29) is 0 Å². The van der Waals surface area contributed by atoms with Gasteiger partial charge < -0.3 is 10.3 Å². The van der Waals surface area contributed by atoms with E-state index in [9.17, 15) is 0 Å². The summed E-state index contributed by atoms with van der Waals surface area (Å²) in [7, 11) is 0. The fourth-order valence-corrected chi connectivity index (χ4v) is 2.53. The quantitative estimate of drug-likeness (QED) is 0.793. The van der Waals surface area contributed by atoms with Crippen LogP contribution in [0.4, 0.5) is 0 Å². The molecule has 3 rings (SSSR count). The minimum atomic E-state index is 0.540. The van der Waals surface area contributed by atoms with Gasteiger partial charge in [-0.05, 0) is 43.7 Å². The zero-order chi connectivity index (χ0) is 14.1. The Morgan fingerprint density at radius 3 is 2.75 bits per heavy atom. The van der Waals surface area contributed by atoms with E-state index in [0.717, 1.165) is 40.2 Å². The molecule has 2 N–H and O–H groups in total. The van der Waals surface area contributed by atoms with E-state index in [2.05, 4.69) is 40.7 Å². The first-order valence-corrected chi connectivity index (χ1v) is 6.85. The summed E-state index contributed by atoms with van der Waals surface area (Å²) >= 11 is 0. The smallest absolute Gasteiger partial charge is 0.141 e. The van der Waals surface area contributed by atoms with Crippen LogP contribution in [0.3, 0.4) is 0 Å². The molecule has 0 spiro atoms. The van der Waals surface area contributed by atoms with E-state index in [1.54, 1.807) is 0 Å². The predicted molar refractivity (Wildman–Crippen MR) is 81.3 cm³/mol. The van der Waals surface area contributed by atoms with Gasteiger partial charge in [-0.15, -0.1) is 0 Å². The number of nitrogens with two attached hydrogens (primary N) is 1. The average molecular weight is 266 g/mol. The molecule has 0 unspecified atom stereocenters. The second-order valence-electron chi connectivity index (χ2n) is 4.89. The van der Waals surface area contributed by atoms with Crippen LogP contribution in [0.25, 0.3) is 22.4 Å². The van der Waals surface area contributed by atoms with Crippen molar-refractivity contribution in [3.8, 4) is 11.4 Å². The third-order valence-electron chi connectivity index (χ3n) is 3.52. The fourth-order valence-electron chi connectivity index (χ4n) is 2.53. The summed E-state index contributed by atoms with van der Waals surface area (Å²) in [5.41, 5.74) is 11.1. The lowest BCUT2D eigenvalue weighted by atomic mass is 10.2. The molecule has 20 heavy (non-hydrogen) atoms. The van der Waals surface area contributed by atoms with Crippen molar-refractivity contribution < 1.29 is 0 Å². The minimum absolute atomic E-state index is 0.540. The minimum Gasteiger partial charge on any atom is -0.326 e. The SMILES string of the molecule is CCn1c(-c2ccnc(C)c2)nc2cc(CN)ccc21. The molecule has 0 aliphatic heterocycles. The Labute approximate surface area is 118 Å². The number of aryl methyl sites for hydroxylation is 2. The van der Waals surface area contributed by atoms with Crippen LogP contribution in [0.5, 0.6) is 0 Å². The number of hydrogen-bond donors (Lipinski definition) is 1. The first-order valence-electron chi connectivity index (χ1n) is 6.85. The van der Waals surface area contributed by atoms with Gasteiger partial charge in [0.25, 0.3) is 0 Å². The highest BCUT2D eigenvalue weighted by Gasteiger charge is 2.12. The Morgan fingerprint density at radius 1 is 1.20 bits per heavy atom. The summed E-state index contributed by atoms with van der Waals surface area (Å²) in [5, 5.41) is 0. The lowest BCUT2D eigenvalue weighted by molar-refractivity contribution is 0.796. The van der Waals surface area contributed by atoms with Crippen molar-refractivity contribution in [2.24, 2.45) is 5.73 Å². The van der Waals surface area contributed by atoms with Gasteiger partial charge in [-0.1, -0.05) is 6.07 Å². The molecular weight excluding hydrogens is 248 g/mol. The number of imidazole rings is 1. The monoisotopic (exact) mass is 266 g/mol. The van der Waals surface area contributed by atoms with Crippen LogP contribution in [-0.4, -0.2) is 14.5 Å². The van der Waals surface area contributed by atoms with Crippen molar-refractivity contribution in [2.45, 2.75) is 26.9 Å². The lowest BCUT2D eigenvalue weighted by Crippen LogP contribution is -1.98. The summed E-state index contributed by atoms with van der Waals surface area (Å²) in [6.07, 6.45) is 1.83. The van der Waals surface area contributed by atoms with Gasteiger partial charge in [0.15, 0.2) is 0 Å². The predicted octanol–water partition coefficient (Wildman–Crippen LogP) is 2.89. The highest BCUT2D eigenvalue weighted by molar-refractivity contribution is 5.81. The first kappa shape index (κ1) is 12.8. The zero-order valence-corrected chi connectivity index (χ0v) is 11.8. The number of aromatic nitrogens is 3. The molecule has 0 aliphatic rings. The fraction of sp³-hybridized carbons (Fsp3) is 0.250. The van der Waals surface area contributed by atoms with Gasteiger partial charge in [0.2, 0.25) is 0 Å². The number of nitrogens with zero attached hydrogens (tertiary/aromatic N) is 3. The topological polar surface area (TPSA) is 56.7 Å². The highest BCUT2D eigenvalue weighted by Crippen LogP contribution is 2.25. The molecule has 4 nitrogen and oxygen atoms in total. The standard InChI is InChI=1S/C16H18N4/c1-3-20-15-5-4-12(10-17)9-14(15)19-16(20)13-6-7-18-11(2)8-13/h4-9H,3,10,17H2,1-2H3. The summed E-state index contributed by atoms with van der Waals surface area (Å²) in [5.74, 6) is 0.988.